The second kappa shape index (κ2) is 8.16. The molecule has 0 heterocycles. The minimum atomic E-state index is 0.407. The summed E-state index contributed by atoms with van der Waals surface area (Å²) in [5.41, 5.74) is 0.407. The van der Waals surface area contributed by atoms with Crippen molar-refractivity contribution >= 4 is 0 Å². The molecule has 108 valence electrons. The number of unbranched alkanes of at least 4 members (excludes halogenated alkanes) is 2. The largest absolute Gasteiger partial charge is 0.313 e. The molecular formula is C16H34N2. The van der Waals surface area contributed by atoms with Gasteiger partial charge in [-0.1, -0.05) is 40.5 Å². The Labute approximate surface area is 115 Å². The van der Waals surface area contributed by atoms with Gasteiger partial charge in [0.25, 0.3) is 0 Å². The summed E-state index contributed by atoms with van der Waals surface area (Å²) in [6.45, 7) is 14.4. The molecule has 1 rings (SSSR count). The molecule has 0 aromatic carbocycles. The first-order valence-electron chi connectivity index (χ1n) is 8.03. The van der Waals surface area contributed by atoms with Crippen LogP contribution in [0.4, 0.5) is 0 Å². The van der Waals surface area contributed by atoms with Gasteiger partial charge in [-0.05, 0) is 44.2 Å². The van der Waals surface area contributed by atoms with Crippen LogP contribution in [0.3, 0.4) is 0 Å². The van der Waals surface area contributed by atoms with Crippen LogP contribution in [0.25, 0.3) is 0 Å². The monoisotopic (exact) mass is 254 g/mol. The molecule has 0 aromatic rings. The Bertz CT molecular complexity index is 201. The first kappa shape index (κ1) is 16.0. The maximum atomic E-state index is 3.69. The molecule has 2 nitrogen and oxygen atoms in total. The topological polar surface area (TPSA) is 15.3 Å². The highest BCUT2D eigenvalue weighted by Crippen LogP contribution is 2.22. The third-order valence-corrected chi connectivity index (χ3v) is 3.75. The molecule has 0 bridgehead atoms. The van der Waals surface area contributed by atoms with Gasteiger partial charge in [-0.15, -0.1) is 0 Å². The van der Waals surface area contributed by atoms with E-state index in [1.54, 1.807) is 0 Å². The Kier molecular flexibility index (Phi) is 7.25. The van der Waals surface area contributed by atoms with Crippen molar-refractivity contribution in [3.63, 3.8) is 0 Å². The van der Waals surface area contributed by atoms with Crippen LogP contribution in [-0.4, -0.2) is 37.1 Å². The van der Waals surface area contributed by atoms with E-state index < -0.39 is 0 Å². The van der Waals surface area contributed by atoms with Gasteiger partial charge in [0.2, 0.25) is 0 Å². The van der Waals surface area contributed by atoms with Gasteiger partial charge in [0.1, 0.15) is 0 Å². The lowest BCUT2D eigenvalue weighted by Gasteiger charge is -2.33. The molecule has 1 aliphatic carbocycles. The normalized spacial score (nSPS) is 16.5. The van der Waals surface area contributed by atoms with Crippen LogP contribution in [0.2, 0.25) is 0 Å². The Morgan fingerprint density at radius 2 is 1.61 bits per heavy atom. The quantitative estimate of drug-likeness (QED) is 0.605. The van der Waals surface area contributed by atoms with Crippen molar-refractivity contribution in [2.45, 2.75) is 72.3 Å². The average Bonchev–Trinajstić information content (AvgIpc) is 3.14. The highest BCUT2D eigenvalue weighted by molar-refractivity contribution is 4.85. The molecule has 0 unspecified atom stereocenters. The van der Waals surface area contributed by atoms with E-state index in [-0.39, 0.29) is 0 Å². The summed E-state index contributed by atoms with van der Waals surface area (Å²) in [6, 6.07) is 0.837. The molecule has 0 amide bonds. The van der Waals surface area contributed by atoms with Crippen LogP contribution in [0, 0.1) is 5.41 Å². The van der Waals surface area contributed by atoms with Crippen molar-refractivity contribution < 1.29 is 0 Å². The molecule has 1 aliphatic rings. The molecule has 0 aliphatic heterocycles. The van der Waals surface area contributed by atoms with Gasteiger partial charge in [0.05, 0.1) is 0 Å². The van der Waals surface area contributed by atoms with Gasteiger partial charge >= 0.3 is 0 Å². The second-order valence-corrected chi connectivity index (χ2v) is 6.80. The Hall–Kier alpha value is -0.0800. The van der Waals surface area contributed by atoms with Crippen molar-refractivity contribution in [2.24, 2.45) is 5.41 Å². The van der Waals surface area contributed by atoms with Crippen molar-refractivity contribution in [2.75, 3.05) is 26.2 Å². The highest BCUT2D eigenvalue weighted by Gasteiger charge is 2.26. The van der Waals surface area contributed by atoms with E-state index in [0.29, 0.717) is 5.41 Å². The average molecular weight is 254 g/mol. The van der Waals surface area contributed by atoms with Crippen LogP contribution < -0.4 is 5.32 Å². The Morgan fingerprint density at radius 3 is 2.06 bits per heavy atom. The number of hydrogen-bond donors (Lipinski definition) is 1. The zero-order chi connectivity index (χ0) is 13.4. The fourth-order valence-corrected chi connectivity index (χ4v) is 2.40. The van der Waals surface area contributed by atoms with Gasteiger partial charge in [-0.2, -0.15) is 0 Å². The van der Waals surface area contributed by atoms with Crippen LogP contribution in [0.5, 0.6) is 0 Å². The Morgan fingerprint density at radius 1 is 1.06 bits per heavy atom. The Balaban J connectivity index is 2.29. The van der Waals surface area contributed by atoms with Crippen LogP contribution in [0.15, 0.2) is 0 Å². The molecule has 0 saturated heterocycles. The summed E-state index contributed by atoms with van der Waals surface area (Å²) in [6.07, 6.45) is 8.09. The van der Waals surface area contributed by atoms with Gasteiger partial charge in [0, 0.05) is 19.1 Å². The fourth-order valence-electron chi connectivity index (χ4n) is 2.40. The molecule has 0 radical (unpaired) electrons. The maximum Gasteiger partial charge on any atom is 0.00684 e. The first-order valence-corrected chi connectivity index (χ1v) is 8.03. The van der Waals surface area contributed by atoms with E-state index in [2.05, 4.69) is 37.9 Å². The van der Waals surface area contributed by atoms with E-state index in [0.717, 1.165) is 6.04 Å². The molecule has 18 heavy (non-hydrogen) atoms. The highest BCUT2D eigenvalue weighted by atomic mass is 15.1. The third kappa shape index (κ3) is 7.38. The smallest absolute Gasteiger partial charge is 0.00684 e. The zero-order valence-corrected chi connectivity index (χ0v) is 13.1. The van der Waals surface area contributed by atoms with Gasteiger partial charge in [-0.3, -0.25) is 0 Å². The van der Waals surface area contributed by atoms with Crippen molar-refractivity contribution in [1.29, 1.82) is 0 Å². The van der Waals surface area contributed by atoms with Crippen molar-refractivity contribution in [3.8, 4) is 0 Å². The van der Waals surface area contributed by atoms with Crippen molar-refractivity contribution in [1.82, 2.24) is 10.2 Å². The van der Waals surface area contributed by atoms with Gasteiger partial charge < -0.3 is 10.2 Å². The summed E-state index contributed by atoms with van der Waals surface area (Å²) in [7, 11) is 0. The predicted octanol–water partition coefficient (Wildman–Crippen LogP) is 3.67. The lowest BCUT2D eigenvalue weighted by Crippen LogP contribution is -2.41. The summed E-state index contributed by atoms with van der Waals surface area (Å²) in [5.74, 6) is 0. The SMILES string of the molecule is CCCCN(CCCC)CC(C)(C)CNC1CC1. The molecule has 1 N–H and O–H groups in total. The third-order valence-electron chi connectivity index (χ3n) is 3.75. The summed E-state index contributed by atoms with van der Waals surface area (Å²) >= 11 is 0. The van der Waals surface area contributed by atoms with Crippen LogP contribution in [0.1, 0.15) is 66.2 Å². The lowest BCUT2D eigenvalue weighted by atomic mass is 9.92. The molecule has 1 fully saturated rings. The maximum absolute atomic E-state index is 3.69. The summed E-state index contributed by atoms with van der Waals surface area (Å²) in [4.78, 5) is 2.68. The van der Waals surface area contributed by atoms with Crippen LogP contribution >= 0.6 is 0 Å². The molecule has 0 spiro atoms. The minimum absolute atomic E-state index is 0.407. The fraction of sp³-hybridized carbons (Fsp3) is 1.00. The van der Waals surface area contributed by atoms with Crippen LogP contribution in [-0.2, 0) is 0 Å². The van der Waals surface area contributed by atoms with E-state index in [4.69, 9.17) is 0 Å². The van der Waals surface area contributed by atoms with Gasteiger partial charge in [-0.25, -0.2) is 0 Å². The lowest BCUT2D eigenvalue weighted by molar-refractivity contribution is 0.169. The minimum Gasteiger partial charge on any atom is -0.313 e. The number of hydrogen-bond acceptors (Lipinski definition) is 2. The zero-order valence-electron chi connectivity index (χ0n) is 13.1. The number of rotatable bonds is 11. The summed E-state index contributed by atoms with van der Waals surface area (Å²) in [5, 5.41) is 3.69. The van der Waals surface area contributed by atoms with E-state index >= 15 is 0 Å². The molecule has 0 atom stereocenters. The van der Waals surface area contributed by atoms with E-state index in [9.17, 15) is 0 Å². The van der Waals surface area contributed by atoms with E-state index in [1.807, 2.05) is 0 Å². The number of nitrogens with one attached hydrogen (secondary N) is 1. The van der Waals surface area contributed by atoms with Crippen molar-refractivity contribution in [3.05, 3.63) is 0 Å². The molecular weight excluding hydrogens is 220 g/mol. The summed E-state index contributed by atoms with van der Waals surface area (Å²) < 4.78 is 0. The first-order chi connectivity index (χ1) is 8.57. The predicted molar refractivity (Wildman–Crippen MR) is 81.1 cm³/mol. The molecule has 0 aromatic heterocycles. The molecule has 2 heteroatoms. The van der Waals surface area contributed by atoms with Gasteiger partial charge in [0.15, 0.2) is 0 Å². The second-order valence-electron chi connectivity index (χ2n) is 6.80. The molecule has 1 saturated carbocycles. The van der Waals surface area contributed by atoms with E-state index in [1.165, 1.54) is 64.7 Å². The number of nitrogens with zero attached hydrogens (tertiary/aromatic N) is 1. The standard InChI is InChI=1S/C16H34N2/c1-5-7-11-18(12-8-6-2)14-16(3,4)13-17-15-9-10-15/h15,17H,5-14H2,1-4H3.